The van der Waals surface area contributed by atoms with Crippen molar-refractivity contribution in [1.29, 1.82) is 0 Å². The molecule has 3 aromatic heterocycles. The van der Waals surface area contributed by atoms with Crippen LogP contribution in [0.2, 0.25) is 5.02 Å². The number of aliphatic hydroxyl groups is 1. The van der Waals surface area contributed by atoms with Crippen molar-refractivity contribution in [2.75, 3.05) is 19.6 Å². The van der Waals surface area contributed by atoms with Gasteiger partial charge in [0.15, 0.2) is 22.3 Å². The molecule has 73 heavy (non-hydrogen) atoms. The van der Waals surface area contributed by atoms with E-state index in [9.17, 15) is 66.7 Å². The maximum absolute atomic E-state index is 15.6. The highest BCUT2D eigenvalue weighted by atomic mass is 35.5. The van der Waals surface area contributed by atoms with Crippen molar-refractivity contribution in [3.05, 3.63) is 98.7 Å². The quantitative estimate of drug-likeness (QED) is 0.0299. The number of fused-ring (bicyclic) bond motifs is 4. The second-order valence-electron chi connectivity index (χ2n) is 18.6. The van der Waals surface area contributed by atoms with Gasteiger partial charge in [-0.2, -0.15) is 49.6 Å². The van der Waals surface area contributed by atoms with E-state index >= 15 is 8.78 Å². The number of halogens is 11. The normalized spacial score (nSPS) is 17.1. The first-order chi connectivity index (χ1) is 33.6. The fourth-order valence-corrected chi connectivity index (χ4v) is 9.08. The van der Waals surface area contributed by atoms with Crippen LogP contribution >= 0.6 is 11.6 Å². The molecule has 2 aliphatic rings. The summed E-state index contributed by atoms with van der Waals surface area (Å²) in [7, 11) is -7.57. The Morgan fingerprint density at radius 2 is 1.64 bits per heavy atom. The molecule has 1 saturated carbocycles. The Bertz CT molecular complexity index is 3280. The fraction of sp³-hybridized carbons (Fsp3) is 0.444. The molecule has 1 amide bonds. The number of pyridine rings is 1. The molecule has 0 spiro atoms. The van der Waals surface area contributed by atoms with Gasteiger partial charge in [0.1, 0.15) is 40.9 Å². The summed E-state index contributed by atoms with van der Waals surface area (Å²) >= 11 is 6.65. The summed E-state index contributed by atoms with van der Waals surface area (Å²) in [5.41, 5.74) is -7.33. The van der Waals surface area contributed by atoms with Gasteiger partial charge in [-0.25, -0.2) is 30.6 Å². The van der Waals surface area contributed by atoms with Crippen molar-refractivity contribution in [1.82, 2.24) is 34.2 Å². The Kier molecular flexibility index (Phi) is 14.7. The molecule has 1 fully saturated rings. The van der Waals surface area contributed by atoms with Gasteiger partial charge in [0.25, 0.3) is 5.92 Å². The van der Waals surface area contributed by atoms with Gasteiger partial charge < -0.3 is 15.2 Å². The third-order valence-corrected chi connectivity index (χ3v) is 15.2. The zero-order chi connectivity index (χ0) is 54.1. The van der Waals surface area contributed by atoms with E-state index in [1.165, 1.54) is 45.9 Å². The molecule has 15 nitrogen and oxygen atoms in total. The lowest BCUT2D eigenvalue weighted by Crippen LogP contribution is -2.35. The number of sulfone groups is 1. The van der Waals surface area contributed by atoms with Gasteiger partial charge in [-0.1, -0.05) is 23.6 Å². The number of thiol groups is 1. The summed E-state index contributed by atoms with van der Waals surface area (Å²) in [4.78, 5) is 31.3. The molecule has 5 aromatic rings. The predicted molar refractivity (Wildman–Crippen MR) is 240 cm³/mol. The van der Waals surface area contributed by atoms with Crippen LogP contribution in [0.1, 0.15) is 85.7 Å². The largest absolute Gasteiger partial charge is 0.448 e. The molecule has 7 rings (SSSR count). The van der Waals surface area contributed by atoms with Crippen molar-refractivity contribution < 1.29 is 80.2 Å². The molecule has 28 heteroatoms. The van der Waals surface area contributed by atoms with Crippen LogP contribution in [0.3, 0.4) is 0 Å². The lowest BCUT2D eigenvalue weighted by atomic mass is 9.93. The standard InChI is InChI=1S/C45H42ClF10N7O8S2/c1-41(2,20-64)40(66)71-21-61(72(67)68)17-32-35-30(46)9-8-27(37(35)63(59-32)19-43(49,50)51)26-7-6-25(10-11-42(3,4)73(5,69)70)57-36(26)31(14-22-12-23(47)15-24(48)13-22)58-33(65)18-62-39-34(38(60-62)45(54,55)56)28-16-29(28)44(39,52)53/h6-9,12-13,15,28-29,31,64,72H,14,16-21H2,1-5H3,(H,58,65)/t28-,29+,31?/m0/s1. The smallest absolute Gasteiger partial charge is 0.435 e. The molecule has 2 N–H and O–H groups in total. The van der Waals surface area contributed by atoms with Gasteiger partial charge in [0.05, 0.1) is 46.5 Å². The highest BCUT2D eigenvalue weighted by Gasteiger charge is 2.68. The SMILES string of the molecule is CC(C)(CO)C(=O)OCN(Cc1nn(CC(F)(F)F)c2c(-c3ccc(C#CC(C)(C)S(C)(=O)=O)nc3C(Cc3cc(F)cc(F)c3)NC(=O)Cn3nc(C(F)(F)F)c4c3C(F)(F)[C@@H]3C[C@H]43)ccc(Cl)c12)[SH](=O)=O. The second kappa shape index (κ2) is 19.5. The number of hydrogen-bond donors (Lipinski definition) is 3. The van der Waals surface area contributed by atoms with Gasteiger partial charge in [-0.15, -0.1) is 0 Å². The molecule has 0 bridgehead atoms. The maximum atomic E-state index is 15.6. The zero-order valence-corrected chi connectivity index (χ0v) is 41.2. The monoisotopic (exact) mass is 1100 g/mol. The zero-order valence-electron chi connectivity index (χ0n) is 38.7. The van der Waals surface area contributed by atoms with Gasteiger partial charge >= 0.3 is 18.3 Å². The maximum Gasteiger partial charge on any atom is 0.435 e. The highest BCUT2D eigenvalue weighted by Crippen LogP contribution is 2.68. The van der Waals surface area contributed by atoms with Crippen molar-refractivity contribution in [3.8, 4) is 23.0 Å². The van der Waals surface area contributed by atoms with E-state index in [1.54, 1.807) is 0 Å². The summed E-state index contributed by atoms with van der Waals surface area (Å²) in [6.07, 6.45) is -10.3. The van der Waals surface area contributed by atoms with E-state index in [0.29, 0.717) is 15.1 Å². The Labute approximate surface area is 415 Å². The fourth-order valence-electron chi connectivity index (χ4n) is 8.18. The third-order valence-electron chi connectivity index (χ3n) is 12.3. The molecule has 0 radical (unpaired) electrons. The Morgan fingerprint density at radius 1 is 1.00 bits per heavy atom. The molecule has 394 valence electrons. The first kappa shape index (κ1) is 54.9. The minimum atomic E-state index is -5.22. The summed E-state index contributed by atoms with van der Waals surface area (Å²) < 4.78 is 201. The van der Waals surface area contributed by atoms with Crippen LogP contribution < -0.4 is 5.32 Å². The highest BCUT2D eigenvalue weighted by molar-refractivity contribution is 7.92. The molecule has 0 aliphatic heterocycles. The molecular weight excluding hydrogens is 1060 g/mol. The van der Waals surface area contributed by atoms with E-state index in [2.05, 4.69) is 32.3 Å². The number of esters is 1. The minimum absolute atomic E-state index is 0.204. The van der Waals surface area contributed by atoms with Crippen molar-refractivity contribution in [3.63, 3.8) is 0 Å². The number of nitrogens with zero attached hydrogens (tertiary/aromatic N) is 6. The topological polar surface area (TPSA) is 196 Å². The van der Waals surface area contributed by atoms with Crippen molar-refractivity contribution in [2.45, 2.75) is 95.2 Å². The van der Waals surface area contributed by atoms with E-state index < -0.39 is 164 Å². The van der Waals surface area contributed by atoms with Gasteiger partial charge in [0, 0.05) is 40.3 Å². The van der Waals surface area contributed by atoms with Crippen LogP contribution in [0.4, 0.5) is 43.9 Å². The van der Waals surface area contributed by atoms with Gasteiger partial charge in [0.2, 0.25) is 16.8 Å². The Morgan fingerprint density at radius 3 is 2.23 bits per heavy atom. The summed E-state index contributed by atoms with van der Waals surface area (Å²) in [6, 6.07) is 5.10. The van der Waals surface area contributed by atoms with Crippen LogP contribution in [0.15, 0.2) is 42.5 Å². The average molecular weight is 1100 g/mol. The number of amides is 1. The number of benzene rings is 2. The van der Waals surface area contributed by atoms with E-state index in [-0.39, 0.29) is 43.9 Å². The van der Waals surface area contributed by atoms with E-state index in [1.807, 2.05) is 0 Å². The first-order valence-corrected chi connectivity index (χ1v) is 25.0. The predicted octanol–water partition coefficient (Wildman–Crippen LogP) is 7.14. The van der Waals surface area contributed by atoms with Crippen molar-refractivity contribution >= 4 is 55.1 Å². The minimum Gasteiger partial charge on any atom is -0.448 e. The van der Waals surface area contributed by atoms with Gasteiger partial charge in [-0.05, 0) is 88.3 Å². The number of nitrogens with one attached hydrogen (secondary N) is 1. The number of ether oxygens (including phenoxy) is 1. The second-order valence-corrected chi connectivity index (χ2v) is 22.7. The molecule has 2 aromatic carbocycles. The van der Waals surface area contributed by atoms with Crippen molar-refractivity contribution in [2.24, 2.45) is 11.3 Å². The molecule has 3 heterocycles. The number of carbonyl (C=O) groups is 2. The first-order valence-electron chi connectivity index (χ1n) is 21.6. The van der Waals surface area contributed by atoms with E-state index in [4.69, 9.17) is 16.3 Å². The Balaban J connectivity index is 1.43. The number of aromatic nitrogens is 5. The van der Waals surface area contributed by atoms with Crippen LogP contribution in [-0.2, 0) is 73.2 Å². The van der Waals surface area contributed by atoms with Crippen LogP contribution in [0.25, 0.3) is 22.0 Å². The summed E-state index contributed by atoms with van der Waals surface area (Å²) in [5, 5.41) is 18.9. The number of rotatable bonds is 16. The number of aliphatic hydroxyl groups excluding tert-OH is 1. The molecule has 2 aliphatic carbocycles. The van der Waals surface area contributed by atoms with E-state index in [0.717, 1.165) is 24.5 Å². The van der Waals surface area contributed by atoms with Gasteiger partial charge in [-0.3, -0.25) is 19.0 Å². The van der Waals surface area contributed by atoms with Crippen LogP contribution in [-0.4, -0.2) is 93.2 Å². The van der Waals surface area contributed by atoms with Crippen LogP contribution in [0.5, 0.6) is 0 Å². The molecule has 1 unspecified atom stereocenters. The number of hydrogen-bond acceptors (Lipinski definition) is 11. The lowest BCUT2D eigenvalue weighted by molar-refractivity contribution is -0.159. The lowest BCUT2D eigenvalue weighted by Gasteiger charge is -2.23. The molecular formula is C45H42ClF10N7O8S2. The summed E-state index contributed by atoms with van der Waals surface area (Å²) in [5.74, 6) is -6.01. The third kappa shape index (κ3) is 11.5. The average Bonchev–Trinajstić information content (AvgIpc) is 3.78. The number of alkyl halides is 8. The Hall–Kier alpha value is -5.82. The molecule has 3 atom stereocenters. The van der Waals surface area contributed by atoms with Crippen LogP contribution in [0, 0.1) is 34.8 Å². The number of carbonyl (C=O) groups excluding carboxylic acids is 2. The summed E-state index contributed by atoms with van der Waals surface area (Å²) in [6.45, 7) is -0.657. The molecule has 0 saturated heterocycles.